The zero-order chi connectivity index (χ0) is 10.5. The van der Waals surface area contributed by atoms with Gasteiger partial charge in [0.25, 0.3) is 0 Å². The predicted octanol–water partition coefficient (Wildman–Crippen LogP) is 4.88. The highest BCUT2D eigenvalue weighted by molar-refractivity contribution is 9.10. The van der Waals surface area contributed by atoms with Crippen LogP contribution in [0.1, 0.15) is 37.7 Å². The Kier molecular flexibility index (Phi) is 4.01. The van der Waals surface area contributed by atoms with Gasteiger partial charge in [0.05, 0.1) is 0 Å². The van der Waals surface area contributed by atoms with Crippen LogP contribution in [0, 0.1) is 0 Å². The van der Waals surface area contributed by atoms with E-state index in [1.807, 2.05) is 0 Å². The molecule has 0 radical (unpaired) electrons. The molecule has 1 saturated carbocycles. The zero-order valence-corrected chi connectivity index (χ0v) is 10.6. The van der Waals surface area contributed by atoms with Gasteiger partial charge in [0, 0.05) is 4.47 Å². The van der Waals surface area contributed by atoms with Crippen LogP contribution < -0.4 is 0 Å². The van der Waals surface area contributed by atoms with Crippen LogP contribution in [0.4, 0.5) is 0 Å². The van der Waals surface area contributed by atoms with Crippen molar-refractivity contribution in [1.82, 2.24) is 0 Å². The Balaban J connectivity index is 2.00. The Morgan fingerprint density at radius 1 is 1.07 bits per heavy atom. The number of halogens is 1. The molecule has 0 heterocycles. The molecule has 0 nitrogen and oxygen atoms in total. The summed E-state index contributed by atoms with van der Waals surface area (Å²) in [6, 6.07) is 8.50. The molecule has 0 atom stereocenters. The lowest BCUT2D eigenvalue weighted by Gasteiger charge is -2.13. The predicted molar refractivity (Wildman–Crippen MR) is 69.0 cm³/mol. The second-order valence-electron chi connectivity index (χ2n) is 4.22. The molecule has 0 spiro atoms. The number of rotatable bonds is 2. The molecule has 0 aliphatic heterocycles. The second-order valence-corrected chi connectivity index (χ2v) is 5.07. The number of allylic oxidation sites excluding steroid dienone is 2. The van der Waals surface area contributed by atoms with Crippen molar-refractivity contribution in [1.29, 1.82) is 0 Å². The van der Waals surface area contributed by atoms with Crippen molar-refractivity contribution < 1.29 is 0 Å². The Bertz CT molecular complexity index is 344. The van der Waals surface area contributed by atoms with Crippen LogP contribution in [0.3, 0.4) is 0 Å². The van der Waals surface area contributed by atoms with E-state index in [9.17, 15) is 0 Å². The van der Waals surface area contributed by atoms with Gasteiger partial charge in [-0.3, -0.25) is 0 Å². The summed E-state index contributed by atoms with van der Waals surface area (Å²) in [6.45, 7) is 0. The summed E-state index contributed by atoms with van der Waals surface area (Å²) in [5, 5.41) is 0. The molecule has 0 unspecified atom stereocenters. The van der Waals surface area contributed by atoms with Gasteiger partial charge in [-0.1, -0.05) is 52.2 Å². The smallest absolute Gasteiger partial charge is 0.0210 e. The molecular weight excluding hydrogens is 248 g/mol. The minimum absolute atomic E-state index is 1.08. The molecule has 80 valence electrons. The van der Waals surface area contributed by atoms with Crippen LogP contribution >= 0.6 is 15.9 Å². The summed E-state index contributed by atoms with van der Waals surface area (Å²) in [7, 11) is 0. The fourth-order valence-electron chi connectivity index (χ4n) is 2.13. The Morgan fingerprint density at radius 3 is 2.53 bits per heavy atom. The van der Waals surface area contributed by atoms with Crippen LogP contribution in [-0.2, 0) is 6.42 Å². The van der Waals surface area contributed by atoms with Crippen LogP contribution in [-0.4, -0.2) is 0 Å². The first-order chi connectivity index (χ1) is 7.36. The first-order valence-corrected chi connectivity index (χ1v) is 6.57. The highest BCUT2D eigenvalue weighted by atomic mass is 79.9. The van der Waals surface area contributed by atoms with E-state index in [4.69, 9.17) is 0 Å². The SMILES string of the molecule is Brc1ccccc1CC=C1CCCCC1. The molecule has 1 aliphatic rings. The van der Waals surface area contributed by atoms with Gasteiger partial charge in [-0.15, -0.1) is 0 Å². The van der Waals surface area contributed by atoms with Crippen molar-refractivity contribution in [3.63, 3.8) is 0 Å². The molecule has 0 bridgehead atoms. The molecule has 0 amide bonds. The maximum absolute atomic E-state index is 3.59. The Hall–Kier alpha value is -0.560. The summed E-state index contributed by atoms with van der Waals surface area (Å²) >= 11 is 3.59. The molecule has 1 heteroatoms. The van der Waals surface area contributed by atoms with Crippen LogP contribution in [0.5, 0.6) is 0 Å². The standard InChI is InChI=1S/C14H17Br/c15-14-9-5-4-8-13(14)11-10-12-6-2-1-3-7-12/h4-5,8-10H,1-3,6-7,11H2. The van der Waals surface area contributed by atoms with Crippen LogP contribution in [0.25, 0.3) is 0 Å². The first kappa shape index (κ1) is 10.9. The lowest BCUT2D eigenvalue weighted by molar-refractivity contribution is 0.597. The molecule has 0 saturated heterocycles. The number of hydrogen-bond acceptors (Lipinski definition) is 0. The summed E-state index contributed by atoms with van der Waals surface area (Å²) in [5.74, 6) is 0. The molecule has 1 aromatic carbocycles. The van der Waals surface area contributed by atoms with Crippen molar-refractivity contribution in [2.24, 2.45) is 0 Å². The molecule has 1 fully saturated rings. The molecule has 1 aliphatic carbocycles. The maximum Gasteiger partial charge on any atom is 0.0210 e. The highest BCUT2D eigenvalue weighted by Gasteiger charge is 2.04. The van der Waals surface area contributed by atoms with Crippen molar-refractivity contribution >= 4 is 15.9 Å². The van der Waals surface area contributed by atoms with Gasteiger partial charge in [-0.25, -0.2) is 0 Å². The Labute approximate surface area is 101 Å². The zero-order valence-electron chi connectivity index (χ0n) is 9.01. The third-order valence-corrected chi connectivity index (χ3v) is 3.84. The molecule has 0 N–H and O–H groups in total. The van der Waals surface area contributed by atoms with E-state index in [1.54, 1.807) is 5.57 Å². The molecule has 0 aromatic heterocycles. The fourth-order valence-corrected chi connectivity index (χ4v) is 2.57. The van der Waals surface area contributed by atoms with E-state index >= 15 is 0 Å². The summed E-state index contributed by atoms with van der Waals surface area (Å²) < 4.78 is 1.23. The van der Waals surface area contributed by atoms with Gasteiger partial charge in [0.1, 0.15) is 0 Å². The van der Waals surface area contributed by atoms with Gasteiger partial charge >= 0.3 is 0 Å². The largest absolute Gasteiger partial charge is 0.0809 e. The summed E-state index contributed by atoms with van der Waals surface area (Å²) in [4.78, 5) is 0. The van der Waals surface area contributed by atoms with E-state index in [0.29, 0.717) is 0 Å². The minimum atomic E-state index is 1.08. The molecule has 1 aromatic rings. The number of hydrogen-bond donors (Lipinski definition) is 0. The minimum Gasteiger partial charge on any atom is -0.0809 e. The van der Waals surface area contributed by atoms with Gasteiger partial charge in [-0.05, 0) is 43.7 Å². The second kappa shape index (κ2) is 5.50. The lowest BCUT2D eigenvalue weighted by Crippen LogP contribution is -1.94. The summed E-state index contributed by atoms with van der Waals surface area (Å²) in [5.41, 5.74) is 3.06. The van der Waals surface area contributed by atoms with Crippen molar-refractivity contribution in [2.75, 3.05) is 0 Å². The molecule has 15 heavy (non-hydrogen) atoms. The quantitative estimate of drug-likeness (QED) is 0.668. The third-order valence-electron chi connectivity index (χ3n) is 3.06. The lowest BCUT2D eigenvalue weighted by atomic mass is 9.93. The average Bonchev–Trinajstić information content (AvgIpc) is 2.29. The van der Waals surface area contributed by atoms with E-state index in [2.05, 4.69) is 46.3 Å². The van der Waals surface area contributed by atoms with Gasteiger partial charge in [0.15, 0.2) is 0 Å². The van der Waals surface area contributed by atoms with Crippen molar-refractivity contribution in [2.45, 2.75) is 38.5 Å². The monoisotopic (exact) mass is 264 g/mol. The molecular formula is C14H17Br. The van der Waals surface area contributed by atoms with Crippen molar-refractivity contribution in [3.05, 3.63) is 46.0 Å². The van der Waals surface area contributed by atoms with Gasteiger partial charge in [-0.2, -0.15) is 0 Å². The maximum atomic E-state index is 3.59. The van der Waals surface area contributed by atoms with E-state index in [0.717, 1.165) is 6.42 Å². The van der Waals surface area contributed by atoms with Gasteiger partial charge in [0.2, 0.25) is 0 Å². The third kappa shape index (κ3) is 3.20. The van der Waals surface area contributed by atoms with Crippen molar-refractivity contribution in [3.8, 4) is 0 Å². The average molecular weight is 265 g/mol. The van der Waals surface area contributed by atoms with E-state index in [1.165, 1.54) is 42.1 Å². The van der Waals surface area contributed by atoms with E-state index < -0.39 is 0 Å². The van der Waals surface area contributed by atoms with Crippen LogP contribution in [0.2, 0.25) is 0 Å². The molecule has 2 rings (SSSR count). The van der Waals surface area contributed by atoms with Gasteiger partial charge < -0.3 is 0 Å². The Morgan fingerprint density at radius 2 is 1.80 bits per heavy atom. The highest BCUT2D eigenvalue weighted by Crippen LogP contribution is 2.24. The van der Waals surface area contributed by atoms with Crippen LogP contribution in [0.15, 0.2) is 40.4 Å². The number of benzene rings is 1. The van der Waals surface area contributed by atoms with E-state index in [-0.39, 0.29) is 0 Å². The topological polar surface area (TPSA) is 0 Å². The fraction of sp³-hybridized carbons (Fsp3) is 0.429. The normalized spacial score (nSPS) is 16.5. The first-order valence-electron chi connectivity index (χ1n) is 5.77. The summed E-state index contributed by atoms with van der Waals surface area (Å²) in [6.07, 6.45) is 10.4.